The van der Waals surface area contributed by atoms with E-state index < -0.39 is 0 Å². The molecule has 0 spiro atoms. The molecule has 72 valence electrons. The summed E-state index contributed by atoms with van der Waals surface area (Å²) in [6, 6.07) is -0.0488. The summed E-state index contributed by atoms with van der Waals surface area (Å²) in [5.41, 5.74) is 5.99. The Morgan fingerprint density at radius 1 is 1.42 bits per heavy atom. The number of hydrogen-bond acceptors (Lipinski definition) is 3. The normalized spacial score (nSPS) is 32.8. The van der Waals surface area contributed by atoms with Crippen LogP contribution in [-0.2, 0) is 0 Å². The van der Waals surface area contributed by atoms with Crippen LogP contribution in [0.15, 0.2) is 0 Å². The van der Waals surface area contributed by atoms with Gasteiger partial charge in [0.2, 0.25) is 0 Å². The molecule has 0 amide bonds. The van der Waals surface area contributed by atoms with Gasteiger partial charge >= 0.3 is 0 Å². The quantitative estimate of drug-likeness (QED) is 0.587. The van der Waals surface area contributed by atoms with E-state index in [2.05, 4.69) is 25.7 Å². The first-order valence-electron chi connectivity index (χ1n) is 4.54. The SMILES string of the molecule is CC(C)(C)CN1C[C@H](N)[C@@H](O)C1. The van der Waals surface area contributed by atoms with Gasteiger partial charge in [0.25, 0.3) is 0 Å². The van der Waals surface area contributed by atoms with Gasteiger partial charge in [0.15, 0.2) is 0 Å². The molecule has 0 bridgehead atoms. The smallest absolute Gasteiger partial charge is 0.0830 e. The fourth-order valence-corrected chi connectivity index (χ4v) is 1.69. The summed E-state index contributed by atoms with van der Waals surface area (Å²) in [5.74, 6) is 0. The van der Waals surface area contributed by atoms with Gasteiger partial charge < -0.3 is 10.8 Å². The minimum atomic E-state index is -0.327. The highest BCUT2D eigenvalue weighted by Crippen LogP contribution is 2.18. The second-order valence-electron chi connectivity index (χ2n) is 4.99. The lowest BCUT2D eigenvalue weighted by Gasteiger charge is -2.25. The monoisotopic (exact) mass is 172 g/mol. The highest BCUT2D eigenvalue weighted by atomic mass is 16.3. The maximum Gasteiger partial charge on any atom is 0.0830 e. The Labute approximate surface area is 74.5 Å². The van der Waals surface area contributed by atoms with Crippen molar-refractivity contribution in [2.24, 2.45) is 11.1 Å². The van der Waals surface area contributed by atoms with Crippen molar-refractivity contribution in [2.75, 3.05) is 19.6 Å². The van der Waals surface area contributed by atoms with Crippen molar-refractivity contribution in [3.8, 4) is 0 Å². The Bertz CT molecular complexity index is 143. The topological polar surface area (TPSA) is 49.5 Å². The molecule has 1 aliphatic heterocycles. The summed E-state index contributed by atoms with van der Waals surface area (Å²) in [7, 11) is 0. The Balaban J connectivity index is 2.38. The van der Waals surface area contributed by atoms with E-state index in [1.165, 1.54) is 0 Å². The van der Waals surface area contributed by atoms with Crippen molar-refractivity contribution < 1.29 is 5.11 Å². The molecule has 1 saturated heterocycles. The average molecular weight is 172 g/mol. The van der Waals surface area contributed by atoms with Crippen molar-refractivity contribution in [1.82, 2.24) is 4.90 Å². The molecule has 1 heterocycles. The molecule has 0 aromatic heterocycles. The van der Waals surface area contributed by atoms with Gasteiger partial charge in [-0.2, -0.15) is 0 Å². The minimum Gasteiger partial charge on any atom is -0.390 e. The highest BCUT2D eigenvalue weighted by Gasteiger charge is 2.30. The van der Waals surface area contributed by atoms with Gasteiger partial charge in [-0.1, -0.05) is 20.8 Å². The van der Waals surface area contributed by atoms with Crippen molar-refractivity contribution in [3.05, 3.63) is 0 Å². The molecule has 0 aliphatic carbocycles. The number of nitrogens with two attached hydrogens (primary N) is 1. The van der Waals surface area contributed by atoms with Gasteiger partial charge in [0.05, 0.1) is 6.10 Å². The third-order valence-corrected chi connectivity index (χ3v) is 2.11. The van der Waals surface area contributed by atoms with Crippen LogP contribution in [0.25, 0.3) is 0 Å². The van der Waals surface area contributed by atoms with E-state index in [9.17, 15) is 5.11 Å². The molecule has 2 atom stereocenters. The predicted molar refractivity (Wildman–Crippen MR) is 49.9 cm³/mol. The molecule has 0 saturated carbocycles. The van der Waals surface area contributed by atoms with Crippen LogP contribution in [0.3, 0.4) is 0 Å². The fourth-order valence-electron chi connectivity index (χ4n) is 1.69. The first-order chi connectivity index (χ1) is 5.38. The zero-order chi connectivity index (χ0) is 9.35. The largest absolute Gasteiger partial charge is 0.390 e. The highest BCUT2D eigenvalue weighted by molar-refractivity contribution is 4.87. The van der Waals surface area contributed by atoms with Crippen molar-refractivity contribution in [2.45, 2.75) is 32.9 Å². The number of likely N-dealkylation sites (tertiary alicyclic amines) is 1. The van der Waals surface area contributed by atoms with Gasteiger partial charge in [0, 0.05) is 25.7 Å². The zero-order valence-electron chi connectivity index (χ0n) is 8.25. The molecule has 0 aromatic carbocycles. The molecule has 0 unspecified atom stereocenters. The van der Waals surface area contributed by atoms with Crippen molar-refractivity contribution in [3.63, 3.8) is 0 Å². The molecule has 0 radical (unpaired) electrons. The van der Waals surface area contributed by atoms with E-state index in [1.54, 1.807) is 0 Å². The Morgan fingerprint density at radius 2 is 2.00 bits per heavy atom. The Hall–Kier alpha value is -0.120. The summed E-state index contributed by atoms with van der Waals surface area (Å²) in [5, 5.41) is 9.40. The summed E-state index contributed by atoms with van der Waals surface area (Å²) in [6.45, 7) is 9.17. The third kappa shape index (κ3) is 2.73. The Kier molecular flexibility index (Phi) is 2.76. The third-order valence-electron chi connectivity index (χ3n) is 2.11. The number of aliphatic hydroxyl groups excluding tert-OH is 1. The van der Waals surface area contributed by atoms with E-state index in [0.29, 0.717) is 5.41 Å². The van der Waals surface area contributed by atoms with Crippen LogP contribution in [-0.4, -0.2) is 41.8 Å². The minimum absolute atomic E-state index is 0.0488. The van der Waals surface area contributed by atoms with E-state index in [4.69, 9.17) is 5.73 Å². The summed E-state index contributed by atoms with van der Waals surface area (Å²) >= 11 is 0. The van der Waals surface area contributed by atoms with Gasteiger partial charge in [0.1, 0.15) is 0 Å². The van der Waals surface area contributed by atoms with Crippen LogP contribution < -0.4 is 5.73 Å². The van der Waals surface area contributed by atoms with E-state index >= 15 is 0 Å². The van der Waals surface area contributed by atoms with Gasteiger partial charge in [-0.15, -0.1) is 0 Å². The fraction of sp³-hybridized carbons (Fsp3) is 1.00. The molecule has 3 N–H and O–H groups in total. The average Bonchev–Trinajstić information content (AvgIpc) is 2.07. The maximum atomic E-state index is 9.40. The predicted octanol–water partition coefficient (Wildman–Crippen LogP) is 0.0363. The second-order valence-corrected chi connectivity index (χ2v) is 4.99. The first-order valence-corrected chi connectivity index (χ1v) is 4.54. The number of hydrogen-bond donors (Lipinski definition) is 2. The summed E-state index contributed by atoms with van der Waals surface area (Å²) in [4.78, 5) is 2.23. The second kappa shape index (κ2) is 3.32. The number of rotatable bonds is 1. The molecular weight excluding hydrogens is 152 g/mol. The summed E-state index contributed by atoms with van der Waals surface area (Å²) < 4.78 is 0. The lowest BCUT2D eigenvalue weighted by Crippen LogP contribution is -2.34. The van der Waals surface area contributed by atoms with Crippen LogP contribution in [0.2, 0.25) is 0 Å². The van der Waals surface area contributed by atoms with E-state index in [-0.39, 0.29) is 12.1 Å². The zero-order valence-corrected chi connectivity index (χ0v) is 8.25. The van der Waals surface area contributed by atoms with Crippen molar-refractivity contribution >= 4 is 0 Å². The van der Waals surface area contributed by atoms with Gasteiger partial charge in [-0.3, -0.25) is 4.90 Å². The molecule has 0 aromatic rings. The molecule has 3 heteroatoms. The standard InChI is InChI=1S/C9H20N2O/c1-9(2,3)6-11-4-7(10)8(12)5-11/h7-8,12H,4-6,10H2,1-3H3/t7-,8-/m0/s1. The van der Waals surface area contributed by atoms with Gasteiger partial charge in [-0.05, 0) is 5.41 Å². The molecule has 1 aliphatic rings. The molecule has 12 heavy (non-hydrogen) atoms. The van der Waals surface area contributed by atoms with Crippen LogP contribution >= 0.6 is 0 Å². The summed E-state index contributed by atoms with van der Waals surface area (Å²) in [6.07, 6.45) is -0.327. The molecule has 1 fully saturated rings. The molecule has 1 rings (SSSR count). The van der Waals surface area contributed by atoms with Crippen LogP contribution in [0.5, 0.6) is 0 Å². The number of β-amino-alcohol motifs (C(OH)–C–C–N with tert-alkyl or cyclic N) is 1. The molecular formula is C9H20N2O. The number of aliphatic hydroxyl groups is 1. The Morgan fingerprint density at radius 3 is 2.33 bits per heavy atom. The van der Waals surface area contributed by atoms with Crippen LogP contribution in [0, 0.1) is 5.41 Å². The van der Waals surface area contributed by atoms with Crippen molar-refractivity contribution in [1.29, 1.82) is 0 Å². The van der Waals surface area contributed by atoms with E-state index in [0.717, 1.165) is 19.6 Å². The lowest BCUT2D eigenvalue weighted by molar-refractivity contribution is 0.153. The van der Waals surface area contributed by atoms with Gasteiger partial charge in [-0.25, -0.2) is 0 Å². The number of nitrogens with zero attached hydrogens (tertiary/aromatic N) is 1. The van der Waals surface area contributed by atoms with E-state index in [1.807, 2.05) is 0 Å². The van der Waals surface area contributed by atoms with Crippen LogP contribution in [0.4, 0.5) is 0 Å². The lowest BCUT2D eigenvalue weighted by atomic mass is 9.96. The maximum absolute atomic E-state index is 9.40. The molecule has 3 nitrogen and oxygen atoms in total. The van der Waals surface area contributed by atoms with Crippen LogP contribution in [0.1, 0.15) is 20.8 Å². The first kappa shape index (κ1) is 9.96.